The van der Waals surface area contributed by atoms with Crippen LogP contribution < -0.4 is 14.4 Å². The smallest absolute Gasteiger partial charge is 0.253 e. The largest absolute Gasteiger partial charge is 0.487 e. The summed E-state index contributed by atoms with van der Waals surface area (Å²) in [6, 6.07) is 13.3. The summed E-state index contributed by atoms with van der Waals surface area (Å²) in [5.74, 6) is 0.0811. The summed E-state index contributed by atoms with van der Waals surface area (Å²) >= 11 is 0. The average molecular weight is 460 g/mol. The third-order valence-corrected chi connectivity index (χ3v) is 6.35. The Kier molecular flexibility index (Phi) is 6.50. The van der Waals surface area contributed by atoms with Crippen molar-refractivity contribution in [3.8, 4) is 5.75 Å². The average Bonchev–Trinajstić information content (AvgIpc) is 2.70. The minimum atomic E-state index is -3.73. The van der Waals surface area contributed by atoms with Gasteiger partial charge in [-0.05, 0) is 44.2 Å². The van der Waals surface area contributed by atoms with Gasteiger partial charge in [-0.15, -0.1) is 0 Å². The van der Waals surface area contributed by atoms with Gasteiger partial charge in [0.25, 0.3) is 5.91 Å². The van der Waals surface area contributed by atoms with Gasteiger partial charge in [-0.3, -0.25) is 13.9 Å². The summed E-state index contributed by atoms with van der Waals surface area (Å²) in [5.41, 5.74) is 1.12. The van der Waals surface area contributed by atoms with Gasteiger partial charge in [0, 0.05) is 31.6 Å². The zero-order valence-electron chi connectivity index (χ0n) is 19.0. The van der Waals surface area contributed by atoms with E-state index in [0.717, 1.165) is 16.1 Å². The Morgan fingerprint density at radius 2 is 1.72 bits per heavy atom. The van der Waals surface area contributed by atoms with E-state index < -0.39 is 21.5 Å². The van der Waals surface area contributed by atoms with Crippen molar-refractivity contribution < 1.29 is 22.7 Å². The van der Waals surface area contributed by atoms with E-state index in [1.54, 1.807) is 26.2 Å². The number of hydrogen-bond acceptors (Lipinski definition) is 5. The van der Waals surface area contributed by atoms with Gasteiger partial charge in [-0.25, -0.2) is 8.42 Å². The van der Waals surface area contributed by atoms with Crippen molar-refractivity contribution >= 4 is 27.5 Å². The highest BCUT2D eigenvalue weighted by Crippen LogP contribution is 2.39. The molecule has 1 unspecified atom stereocenters. The fraction of sp³-hybridized carbons (Fsp3) is 0.391. The second-order valence-electron chi connectivity index (χ2n) is 8.74. The molecule has 0 bridgehead atoms. The number of para-hydroxylation sites is 1. The van der Waals surface area contributed by atoms with Gasteiger partial charge < -0.3 is 15.0 Å². The van der Waals surface area contributed by atoms with Crippen molar-refractivity contribution in [1.29, 1.82) is 0 Å². The predicted octanol–water partition coefficient (Wildman–Crippen LogP) is 2.57. The Morgan fingerprint density at radius 3 is 2.31 bits per heavy atom. The topological polar surface area (TPSA) is 96.0 Å². The van der Waals surface area contributed by atoms with Gasteiger partial charge in [0.05, 0.1) is 18.0 Å². The number of fused-ring (bicyclic) bond motifs is 1. The maximum Gasteiger partial charge on any atom is 0.253 e. The molecule has 0 fully saturated rings. The van der Waals surface area contributed by atoms with Gasteiger partial charge in [0.2, 0.25) is 15.9 Å². The van der Waals surface area contributed by atoms with Crippen LogP contribution in [0.2, 0.25) is 0 Å². The van der Waals surface area contributed by atoms with Crippen molar-refractivity contribution in [2.24, 2.45) is 0 Å². The molecule has 2 aromatic rings. The van der Waals surface area contributed by atoms with Crippen LogP contribution in [0.3, 0.4) is 0 Å². The number of sulfonamides is 1. The third-order valence-electron chi connectivity index (χ3n) is 5.21. The quantitative estimate of drug-likeness (QED) is 0.716. The zero-order chi connectivity index (χ0) is 23.7. The minimum Gasteiger partial charge on any atom is -0.487 e. The number of carbonyl (C=O) groups excluding carboxylic acids is 2. The highest BCUT2D eigenvalue weighted by atomic mass is 32.2. The van der Waals surface area contributed by atoms with Crippen LogP contribution in [0, 0.1) is 0 Å². The standard InChI is InChI=1S/C23H29N3O5S/c1-23(2)14-19(18-8-6-7-9-20(18)31-23)24-21(27)15-26(32(5,29)30)17-12-10-16(11-13-17)22(28)25(3)4/h6-13,19H,14-15H2,1-5H3,(H,24,27). The van der Waals surface area contributed by atoms with Gasteiger partial charge >= 0.3 is 0 Å². The van der Waals surface area contributed by atoms with Crippen LogP contribution in [0.5, 0.6) is 5.75 Å². The van der Waals surface area contributed by atoms with Gasteiger partial charge in [-0.2, -0.15) is 0 Å². The van der Waals surface area contributed by atoms with E-state index in [0.29, 0.717) is 23.4 Å². The molecule has 0 aliphatic carbocycles. The summed E-state index contributed by atoms with van der Waals surface area (Å²) in [4.78, 5) is 26.4. The number of nitrogens with one attached hydrogen (secondary N) is 1. The molecule has 0 saturated carbocycles. The lowest BCUT2D eigenvalue weighted by Gasteiger charge is -2.38. The lowest BCUT2D eigenvalue weighted by Crippen LogP contribution is -2.45. The number of benzene rings is 2. The molecule has 172 valence electrons. The van der Waals surface area contributed by atoms with Crippen LogP contribution in [0.1, 0.15) is 42.2 Å². The fourth-order valence-electron chi connectivity index (χ4n) is 3.73. The molecule has 0 saturated heterocycles. The molecule has 0 aromatic heterocycles. The summed E-state index contributed by atoms with van der Waals surface area (Å²) in [7, 11) is -0.458. The molecule has 8 nitrogen and oxygen atoms in total. The second kappa shape index (κ2) is 8.82. The minimum absolute atomic E-state index is 0.194. The Balaban J connectivity index is 1.80. The number of hydrogen-bond donors (Lipinski definition) is 1. The van der Waals surface area contributed by atoms with Crippen molar-refractivity contribution in [2.45, 2.75) is 31.9 Å². The summed E-state index contributed by atoms with van der Waals surface area (Å²) in [6.07, 6.45) is 1.60. The fourth-order valence-corrected chi connectivity index (χ4v) is 4.59. The highest BCUT2D eigenvalue weighted by molar-refractivity contribution is 7.92. The van der Waals surface area contributed by atoms with Crippen LogP contribution in [-0.2, 0) is 14.8 Å². The first-order valence-electron chi connectivity index (χ1n) is 10.2. The Bertz CT molecular complexity index is 1110. The Labute approximate surface area is 189 Å². The molecular formula is C23H29N3O5S. The van der Waals surface area contributed by atoms with Gasteiger partial charge in [-0.1, -0.05) is 18.2 Å². The second-order valence-corrected chi connectivity index (χ2v) is 10.6. The number of rotatable bonds is 6. The SMILES string of the molecule is CN(C)C(=O)c1ccc(N(CC(=O)NC2CC(C)(C)Oc3ccccc32)S(C)(=O)=O)cc1. The van der Waals surface area contributed by atoms with Crippen LogP contribution in [0.25, 0.3) is 0 Å². The van der Waals surface area contributed by atoms with Crippen molar-refractivity contribution in [3.63, 3.8) is 0 Å². The van der Waals surface area contributed by atoms with Crippen LogP contribution in [0.15, 0.2) is 48.5 Å². The van der Waals surface area contributed by atoms with E-state index in [1.807, 2.05) is 38.1 Å². The van der Waals surface area contributed by atoms with Gasteiger partial charge in [0.1, 0.15) is 17.9 Å². The molecule has 2 amide bonds. The normalized spacial score (nSPS) is 17.0. The molecule has 2 aromatic carbocycles. The number of ether oxygens (including phenoxy) is 1. The molecular weight excluding hydrogens is 430 g/mol. The number of anilines is 1. The van der Waals surface area contributed by atoms with Crippen LogP contribution >= 0.6 is 0 Å². The van der Waals surface area contributed by atoms with E-state index in [9.17, 15) is 18.0 Å². The lowest BCUT2D eigenvalue weighted by molar-refractivity contribution is -0.120. The maximum atomic E-state index is 12.9. The molecule has 3 rings (SSSR count). The molecule has 0 radical (unpaired) electrons. The van der Waals surface area contributed by atoms with Crippen LogP contribution in [-0.4, -0.2) is 57.6 Å². The maximum absolute atomic E-state index is 12.9. The monoisotopic (exact) mass is 459 g/mol. The number of amides is 2. The highest BCUT2D eigenvalue weighted by Gasteiger charge is 2.35. The van der Waals surface area contributed by atoms with Crippen molar-refractivity contribution in [2.75, 3.05) is 31.2 Å². The van der Waals surface area contributed by atoms with E-state index in [1.165, 1.54) is 17.0 Å². The third kappa shape index (κ3) is 5.40. The number of carbonyl (C=O) groups is 2. The lowest BCUT2D eigenvalue weighted by atomic mass is 9.89. The molecule has 1 aliphatic rings. The first-order valence-corrected chi connectivity index (χ1v) is 12.1. The molecule has 32 heavy (non-hydrogen) atoms. The molecule has 1 N–H and O–H groups in total. The van der Waals surface area contributed by atoms with Crippen LogP contribution in [0.4, 0.5) is 5.69 Å². The molecule has 1 aliphatic heterocycles. The molecule has 1 atom stereocenters. The Morgan fingerprint density at radius 1 is 1.09 bits per heavy atom. The predicted molar refractivity (Wildman–Crippen MR) is 123 cm³/mol. The van der Waals surface area contributed by atoms with Crippen molar-refractivity contribution in [1.82, 2.24) is 10.2 Å². The van der Waals surface area contributed by atoms with E-state index in [4.69, 9.17) is 4.74 Å². The first-order chi connectivity index (χ1) is 14.9. The zero-order valence-corrected chi connectivity index (χ0v) is 19.8. The van der Waals surface area contributed by atoms with E-state index in [2.05, 4.69) is 5.32 Å². The summed E-state index contributed by atoms with van der Waals surface area (Å²) < 4.78 is 31.9. The number of nitrogens with zero attached hydrogens (tertiary/aromatic N) is 2. The van der Waals surface area contributed by atoms with Gasteiger partial charge in [0.15, 0.2) is 0 Å². The molecule has 1 heterocycles. The van der Waals surface area contributed by atoms with E-state index >= 15 is 0 Å². The molecule has 0 spiro atoms. The van der Waals surface area contributed by atoms with E-state index in [-0.39, 0.29) is 18.5 Å². The summed E-state index contributed by atoms with van der Waals surface area (Å²) in [5, 5.41) is 2.96. The summed E-state index contributed by atoms with van der Waals surface area (Å²) in [6.45, 7) is 3.52. The first kappa shape index (κ1) is 23.6. The van der Waals surface area contributed by atoms with Crippen molar-refractivity contribution in [3.05, 3.63) is 59.7 Å². The molecule has 9 heteroatoms. The Hall–Kier alpha value is -3.07.